The summed E-state index contributed by atoms with van der Waals surface area (Å²) in [7, 11) is 0. The zero-order valence-electron chi connectivity index (χ0n) is 19.9. The van der Waals surface area contributed by atoms with Crippen molar-refractivity contribution in [2.45, 2.75) is 44.1 Å². The first kappa shape index (κ1) is 31.8. The second kappa shape index (κ2) is 11.8. The van der Waals surface area contributed by atoms with Gasteiger partial charge in [0.2, 0.25) is 5.91 Å². The normalized spacial score (nSPS) is 14.5. The molecule has 0 saturated heterocycles. The van der Waals surface area contributed by atoms with Gasteiger partial charge in [0.05, 0.1) is 17.0 Å². The van der Waals surface area contributed by atoms with Gasteiger partial charge in [-0.15, -0.1) is 0 Å². The van der Waals surface area contributed by atoms with E-state index in [2.05, 4.69) is 0 Å². The standard InChI is InChI=1S/C24H20ClF9N2O3/c1-11(20(38)35-10-23(29,30)31)36-21(39)16-4-3-12(7-18(16)24(32,33)34)19(26)9-17(22(2,27)28)13-5-14(25)8-15(37)6-13/h3-9,11,17,37H,10H2,1-2H3,(H,35,38)(H,36,39)/b19-9-/t11-,17?/m1/s1. The number of hydrogen-bond acceptors (Lipinski definition) is 3. The van der Waals surface area contributed by atoms with Crippen molar-refractivity contribution in [3.8, 4) is 5.75 Å². The molecule has 0 aliphatic carbocycles. The van der Waals surface area contributed by atoms with Crippen LogP contribution in [0.1, 0.15) is 46.8 Å². The van der Waals surface area contributed by atoms with Gasteiger partial charge >= 0.3 is 12.4 Å². The maximum Gasteiger partial charge on any atom is 0.417 e. The maximum atomic E-state index is 15.0. The van der Waals surface area contributed by atoms with Gasteiger partial charge in [0.15, 0.2) is 0 Å². The molecule has 0 heterocycles. The number of nitrogens with one attached hydrogen (secondary N) is 2. The first-order chi connectivity index (χ1) is 17.7. The molecule has 0 aliphatic heterocycles. The number of alkyl halides is 8. The van der Waals surface area contributed by atoms with E-state index in [0.29, 0.717) is 25.1 Å². The van der Waals surface area contributed by atoms with Crippen molar-refractivity contribution in [1.82, 2.24) is 10.6 Å². The minimum absolute atomic E-state index is 0.163. The Labute approximate surface area is 220 Å². The third-order valence-electron chi connectivity index (χ3n) is 5.17. The molecule has 5 nitrogen and oxygen atoms in total. The topological polar surface area (TPSA) is 78.4 Å². The molecule has 214 valence electrons. The van der Waals surface area contributed by atoms with Crippen LogP contribution in [-0.2, 0) is 11.0 Å². The van der Waals surface area contributed by atoms with Gasteiger partial charge in [-0.05, 0) is 48.9 Å². The van der Waals surface area contributed by atoms with E-state index in [1.165, 1.54) is 5.32 Å². The predicted molar refractivity (Wildman–Crippen MR) is 123 cm³/mol. The Balaban J connectivity index is 2.43. The number of hydrogen-bond donors (Lipinski definition) is 3. The van der Waals surface area contributed by atoms with E-state index in [-0.39, 0.29) is 16.7 Å². The van der Waals surface area contributed by atoms with Gasteiger partial charge in [0.25, 0.3) is 11.8 Å². The largest absolute Gasteiger partial charge is 0.508 e. The van der Waals surface area contributed by atoms with Crippen molar-refractivity contribution in [2.75, 3.05) is 6.54 Å². The summed E-state index contributed by atoms with van der Waals surface area (Å²) in [6.45, 7) is -0.404. The molecule has 0 aromatic heterocycles. The van der Waals surface area contributed by atoms with Crippen LogP contribution in [0.15, 0.2) is 42.5 Å². The molecule has 0 spiro atoms. The van der Waals surface area contributed by atoms with Crippen molar-refractivity contribution in [1.29, 1.82) is 0 Å². The van der Waals surface area contributed by atoms with Crippen molar-refractivity contribution in [3.05, 3.63) is 69.8 Å². The smallest absolute Gasteiger partial charge is 0.417 e. The Kier molecular flexibility index (Phi) is 9.59. The van der Waals surface area contributed by atoms with E-state index in [1.54, 1.807) is 0 Å². The van der Waals surface area contributed by atoms with E-state index in [9.17, 15) is 49.8 Å². The van der Waals surface area contributed by atoms with Crippen LogP contribution in [0, 0.1) is 0 Å². The number of halogens is 10. The molecule has 0 bridgehead atoms. The monoisotopic (exact) mass is 590 g/mol. The lowest BCUT2D eigenvalue weighted by atomic mass is 9.91. The lowest BCUT2D eigenvalue weighted by Crippen LogP contribution is -2.47. The van der Waals surface area contributed by atoms with Crippen LogP contribution >= 0.6 is 11.6 Å². The number of phenols is 1. The fourth-order valence-corrected chi connectivity index (χ4v) is 3.60. The molecule has 2 aromatic carbocycles. The maximum absolute atomic E-state index is 15.0. The van der Waals surface area contributed by atoms with Crippen LogP contribution in [0.5, 0.6) is 5.75 Å². The second-order valence-corrected chi connectivity index (χ2v) is 8.91. The second-order valence-electron chi connectivity index (χ2n) is 8.48. The average Bonchev–Trinajstić information content (AvgIpc) is 2.77. The zero-order valence-corrected chi connectivity index (χ0v) is 20.7. The summed E-state index contributed by atoms with van der Waals surface area (Å²) in [6.07, 6.45) is -9.71. The van der Waals surface area contributed by atoms with Crippen LogP contribution in [0.3, 0.4) is 0 Å². The highest BCUT2D eigenvalue weighted by molar-refractivity contribution is 6.30. The molecule has 2 rings (SSSR count). The summed E-state index contributed by atoms with van der Waals surface area (Å²) in [5.41, 5.74) is -3.99. The van der Waals surface area contributed by atoms with Crippen LogP contribution in [0.25, 0.3) is 5.83 Å². The van der Waals surface area contributed by atoms with Gasteiger partial charge in [-0.25, -0.2) is 13.2 Å². The summed E-state index contributed by atoms with van der Waals surface area (Å²) in [6, 6.07) is 2.60. The molecule has 3 N–H and O–H groups in total. The lowest BCUT2D eigenvalue weighted by Gasteiger charge is -2.22. The van der Waals surface area contributed by atoms with Gasteiger partial charge < -0.3 is 15.7 Å². The minimum Gasteiger partial charge on any atom is -0.508 e. The molecule has 0 fully saturated rings. The average molecular weight is 591 g/mol. The number of rotatable bonds is 8. The molecule has 0 saturated carbocycles. The number of carbonyl (C=O) groups is 2. The van der Waals surface area contributed by atoms with Crippen LogP contribution in [-0.4, -0.2) is 41.6 Å². The number of aromatic hydroxyl groups is 1. The van der Waals surface area contributed by atoms with Gasteiger partial charge in [-0.2, -0.15) is 26.3 Å². The Morgan fingerprint density at radius 2 is 1.64 bits per heavy atom. The van der Waals surface area contributed by atoms with Crippen molar-refractivity contribution in [3.63, 3.8) is 0 Å². The SMILES string of the molecule is C[C@@H](NC(=O)c1ccc(/C(F)=C/C(c2cc(O)cc(Cl)c2)C(C)(F)F)cc1C(F)(F)F)C(=O)NCC(F)(F)F. The van der Waals surface area contributed by atoms with E-state index >= 15 is 4.39 Å². The molecular formula is C24H20ClF9N2O3. The molecule has 2 amide bonds. The molecule has 39 heavy (non-hydrogen) atoms. The minimum atomic E-state index is -5.27. The lowest BCUT2D eigenvalue weighted by molar-refractivity contribution is -0.139. The van der Waals surface area contributed by atoms with Crippen molar-refractivity contribution >= 4 is 29.2 Å². The van der Waals surface area contributed by atoms with E-state index < -0.39 is 76.9 Å². The molecule has 2 atom stereocenters. The molecule has 15 heteroatoms. The Bertz CT molecular complexity index is 1230. The fraction of sp³-hybridized carbons (Fsp3) is 0.333. The summed E-state index contributed by atoms with van der Waals surface area (Å²) in [5.74, 6) is -10.6. The molecule has 0 aliphatic rings. The summed E-state index contributed by atoms with van der Waals surface area (Å²) >= 11 is 5.75. The predicted octanol–water partition coefficient (Wildman–Crippen LogP) is 6.61. The Morgan fingerprint density at radius 3 is 2.15 bits per heavy atom. The Morgan fingerprint density at radius 1 is 1.03 bits per heavy atom. The van der Waals surface area contributed by atoms with E-state index in [1.807, 2.05) is 5.32 Å². The number of allylic oxidation sites excluding steroid dienone is 1. The van der Waals surface area contributed by atoms with Crippen LogP contribution in [0.2, 0.25) is 5.02 Å². The van der Waals surface area contributed by atoms with Crippen molar-refractivity contribution < 1.29 is 54.2 Å². The number of amides is 2. The summed E-state index contributed by atoms with van der Waals surface area (Å²) < 4.78 is 122. The number of carbonyl (C=O) groups excluding carboxylic acids is 2. The zero-order chi connectivity index (χ0) is 29.9. The summed E-state index contributed by atoms with van der Waals surface area (Å²) in [4.78, 5) is 24.1. The van der Waals surface area contributed by atoms with Gasteiger partial charge in [0, 0.05) is 17.5 Å². The quantitative estimate of drug-likeness (QED) is 0.303. The molecular weight excluding hydrogens is 571 g/mol. The number of phenolic OH excluding ortho intramolecular Hbond substituents is 1. The Hall–Kier alpha value is -3.42. The fourth-order valence-electron chi connectivity index (χ4n) is 3.36. The molecule has 1 unspecified atom stereocenters. The number of benzene rings is 2. The molecule has 2 aromatic rings. The third-order valence-corrected chi connectivity index (χ3v) is 5.39. The highest BCUT2D eigenvalue weighted by atomic mass is 35.5. The molecule has 0 radical (unpaired) electrons. The van der Waals surface area contributed by atoms with E-state index in [0.717, 1.165) is 25.1 Å². The first-order valence-electron chi connectivity index (χ1n) is 10.8. The van der Waals surface area contributed by atoms with E-state index in [4.69, 9.17) is 11.6 Å². The highest BCUT2D eigenvalue weighted by Crippen LogP contribution is 2.40. The van der Waals surface area contributed by atoms with Gasteiger partial charge in [-0.1, -0.05) is 17.7 Å². The summed E-state index contributed by atoms with van der Waals surface area (Å²) in [5, 5.41) is 12.8. The van der Waals surface area contributed by atoms with Crippen LogP contribution < -0.4 is 10.6 Å². The van der Waals surface area contributed by atoms with Crippen LogP contribution in [0.4, 0.5) is 39.5 Å². The highest BCUT2D eigenvalue weighted by Gasteiger charge is 2.38. The first-order valence-corrected chi connectivity index (χ1v) is 11.2. The van der Waals surface area contributed by atoms with Crippen molar-refractivity contribution in [2.24, 2.45) is 0 Å². The van der Waals surface area contributed by atoms with Gasteiger partial charge in [-0.3, -0.25) is 9.59 Å². The van der Waals surface area contributed by atoms with Gasteiger partial charge in [0.1, 0.15) is 24.2 Å². The third kappa shape index (κ3) is 9.08.